The Hall–Kier alpha value is -3.19. The standard InChI is InChI=1S/C11H14N2O5.C5H5N5/c12-11(17)6-3-1-2-5(13-6)10-9(16)8(15)7(4-14)18-10;6-4-3-5(9-1-7-3)10-2-8-4/h1-3,7-10,14-16H,4H2,(H2,12,17);1-2H,(H3,6,7,8,9,10)/t7-,8-,9-,10+;/m1./s1. The molecule has 1 aliphatic heterocycles. The number of pyridine rings is 1. The number of nitrogen functional groups attached to an aromatic ring is 1. The summed E-state index contributed by atoms with van der Waals surface area (Å²) in [5.41, 5.74) is 12.2. The number of rotatable bonds is 3. The number of imidazole rings is 1. The van der Waals surface area contributed by atoms with Crippen molar-refractivity contribution in [1.29, 1.82) is 0 Å². The molecule has 0 aliphatic carbocycles. The maximum atomic E-state index is 11.0. The number of fused-ring (bicyclic) bond motifs is 1. The fourth-order valence-electron chi connectivity index (χ4n) is 2.67. The first kappa shape index (κ1) is 19.6. The highest BCUT2D eigenvalue weighted by atomic mass is 16.6. The molecule has 1 saturated heterocycles. The fraction of sp³-hybridized carbons (Fsp3) is 0.312. The lowest BCUT2D eigenvalue weighted by atomic mass is 10.1. The molecule has 0 spiro atoms. The molecular weight excluding hydrogens is 370 g/mol. The number of nitrogens with one attached hydrogen (secondary N) is 1. The van der Waals surface area contributed by atoms with E-state index in [2.05, 4.69) is 24.9 Å². The van der Waals surface area contributed by atoms with E-state index < -0.39 is 36.9 Å². The van der Waals surface area contributed by atoms with Gasteiger partial charge in [-0.1, -0.05) is 6.07 Å². The van der Waals surface area contributed by atoms with E-state index in [9.17, 15) is 15.0 Å². The zero-order valence-electron chi connectivity index (χ0n) is 14.5. The van der Waals surface area contributed by atoms with Gasteiger partial charge in [0.25, 0.3) is 5.91 Å². The van der Waals surface area contributed by atoms with Crippen molar-refractivity contribution in [2.24, 2.45) is 5.73 Å². The number of aliphatic hydroxyl groups is 3. The van der Waals surface area contributed by atoms with E-state index in [-0.39, 0.29) is 11.4 Å². The van der Waals surface area contributed by atoms with Crippen molar-refractivity contribution in [1.82, 2.24) is 24.9 Å². The fourth-order valence-corrected chi connectivity index (χ4v) is 2.67. The summed E-state index contributed by atoms with van der Waals surface area (Å²) in [6.07, 6.45) is -1.23. The lowest BCUT2D eigenvalue weighted by molar-refractivity contribution is -0.0239. The number of H-pyrrole nitrogens is 1. The Morgan fingerprint density at radius 2 is 2.00 bits per heavy atom. The first-order valence-electron chi connectivity index (χ1n) is 8.21. The number of aromatic nitrogens is 5. The Kier molecular flexibility index (Phi) is 5.75. The Morgan fingerprint density at radius 3 is 2.64 bits per heavy atom. The summed E-state index contributed by atoms with van der Waals surface area (Å²) in [5.74, 6) is -0.283. The van der Waals surface area contributed by atoms with E-state index in [1.54, 1.807) is 12.1 Å². The van der Waals surface area contributed by atoms with E-state index in [0.717, 1.165) is 0 Å². The molecule has 1 amide bonds. The van der Waals surface area contributed by atoms with E-state index >= 15 is 0 Å². The minimum Gasteiger partial charge on any atom is -0.394 e. The largest absolute Gasteiger partial charge is 0.394 e. The Balaban J connectivity index is 0.000000188. The molecule has 8 N–H and O–H groups in total. The van der Waals surface area contributed by atoms with Crippen LogP contribution in [0.3, 0.4) is 0 Å². The van der Waals surface area contributed by atoms with Crippen LogP contribution in [0.25, 0.3) is 11.2 Å². The van der Waals surface area contributed by atoms with E-state index in [4.69, 9.17) is 21.3 Å². The van der Waals surface area contributed by atoms with Crippen LogP contribution in [0, 0.1) is 0 Å². The van der Waals surface area contributed by atoms with Gasteiger partial charge >= 0.3 is 0 Å². The molecule has 0 unspecified atom stereocenters. The number of hydrogen-bond acceptors (Lipinski definition) is 10. The van der Waals surface area contributed by atoms with Gasteiger partial charge in [-0.05, 0) is 12.1 Å². The van der Waals surface area contributed by atoms with Crippen LogP contribution in [-0.2, 0) is 4.74 Å². The van der Waals surface area contributed by atoms with Gasteiger partial charge in [0.15, 0.2) is 11.5 Å². The first-order valence-corrected chi connectivity index (χ1v) is 8.21. The number of aliphatic hydroxyl groups excluding tert-OH is 3. The molecule has 12 nitrogen and oxygen atoms in total. The summed E-state index contributed by atoms with van der Waals surface area (Å²) in [4.78, 5) is 29.3. The summed E-state index contributed by atoms with van der Waals surface area (Å²) in [6, 6.07) is 4.54. The molecule has 1 fully saturated rings. The molecule has 0 radical (unpaired) electrons. The lowest BCUT2D eigenvalue weighted by Crippen LogP contribution is -2.32. The Morgan fingerprint density at radius 1 is 1.21 bits per heavy atom. The molecule has 0 bridgehead atoms. The lowest BCUT2D eigenvalue weighted by Gasteiger charge is -2.14. The molecule has 3 aromatic heterocycles. The second kappa shape index (κ2) is 8.22. The summed E-state index contributed by atoms with van der Waals surface area (Å²) in [5, 5.41) is 28.4. The average Bonchev–Trinajstić information content (AvgIpc) is 3.29. The van der Waals surface area contributed by atoms with Crippen molar-refractivity contribution in [2.45, 2.75) is 24.4 Å². The molecule has 0 saturated carbocycles. The predicted molar refractivity (Wildman–Crippen MR) is 95.6 cm³/mol. The molecule has 1 aliphatic rings. The quantitative estimate of drug-likeness (QED) is 0.298. The van der Waals surface area contributed by atoms with Crippen LogP contribution in [0.4, 0.5) is 5.82 Å². The first-order chi connectivity index (χ1) is 13.4. The number of amides is 1. The van der Waals surface area contributed by atoms with Crippen molar-refractivity contribution in [3.05, 3.63) is 42.2 Å². The topological polar surface area (TPSA) is 206 Å². The van der Waals surface area contributed by atoms with Crippen LogP contribution < -0.4 is 11.5 Å². The molecular formula is C16H19N7O5. The number of ether oxygens (including phenoxy) is 1. The molecule has 4 heterocycles. The van der Waals surface area contributed by atoms with Crippen LogP contribution in [0.15, 0.2) is 30.9 Å². The molecule has 148 valence electrons. The SMILES string of the molecule is NC(=O)c1cccc([C@@H]2O[C@H](CO)[C@@H](O)[C@H]2O)n1.Nc1ncnc2[nH]cnc12. The highest BCUT2D eigenvalue weighted by molar-refractivity contribution is 5.90. The van der Waals surface area contributed by atoms with Crippen LogP contribution in [0.1, 0.15) is 22.3 Å². The van der Waals surface area contributed by atoms with Gasteiger partial charge in [-0.15, -0.1) is 0 Å². The molecule has 28 heavy (non-hydrogen) atoms. The van der Waals surface area contributed by atoms with Gasteiger partial charge in [-0.3, -0.25) is 4.79 Å². The molecule has 0 aromatic carbocycles. The number of aromatic amines is 1. The van der Waals surface area contributed by atoms with Crippen molar-refractivity contribution in [2.75, 3.05) is 12.3 Å². The smallest absolute Gasteiger partial charge is 0.267 e. The monoisotopic (exact) mass is 389 g/mol. The number of hydrogen-bond donors (Lipinski definition) is 6. The number of primary amides is 1. The molecule has 12 heteroatoms. The summed E-state index contributed by atoms with van der Waals surface area (Å²) < 4.78 is 5.29. The maximum absolute atomic E-state index is 11.0. The van der Waals surface area contributed by atoms with E-state index in [0.29, 0.717) is 17.0 Å². The number of nitrogens with two attached hydrogens (primary N) is 2. The number of anilines is 1. The van der Waals surface area contributed by atoms with Gasteiger partial charge in [-0.2, -0.15) is 0 Å². The van der Waals surface area contributed by atoms with E-state index in [1.165, 1.54) is 18.7 Å². The van der Waals surface area contributed by atoms with Gasteiger partial charge in [-0.25, -0.2) is 19.9 Å². The van der Waals surface area contributed by atoms with E-state index in [1.807, 2.05) is 0 Å². The zero-order chi connectivity index (χ0) is 20.3. The van der Waals surface area contributed by atoms with Crippen molar-refractivity contribution in [3.8, 4) is 0 Å². The molecule has 4 atom stereocenters. The van der Waals surface area contributed by atoms with Gasteiger partial charge in [0.05, 0.1) is 18.6 Å². The Labute approximate surface area is 158 Å². The van der Waals surface area contributed by atoms with Crippen LogP contribution in [0.5, 0.6) is 0 Å². The van der Waals surface area contributed by atoms with Gasteiger partial charge in [0.2, 0.25) is 0 Å². The second-order valence-electron chi connectivity index (χ2n) is 5.93. The predicted octanol–water partition coefficient (Wildman–Crippen LogP) is -1.73. The number of carbonyl (C=O) groups is 1. The minimum absolute atomic E-state index is 0.0465. The minimum atomic E-state index is -1.21. The van der Waals surface area contributed by atoms with Gasteiger partial charge in [0, 0.05) is 0 Å². The highest BCUT2D eigenvalue weighted by Crippen LogP contribution is 2.32. The number of nitrogens with zero attached hydrogens (tertiary/aromatic N) is 4. The zero-order valence-corrected chi connectivity index (χ0v) is 14.5. The summed E-state index contributed by atoms with van der Waals surface area (Å²) in [6.45, 7) is -0.412. The van der Waals surface area contributed by atoms with Gasteiger partial charge in [0.1, 0.15) is 42.0 Å². The summed E-state index contributed by atoms with van der Waals surface area (Å²) >= 11 is 0. The number of carbonyl (C=O) groups excluding carboxylic acids is 1. The normalized spacial score (nSPS) is 24.0. The van der Waals surface area contributed by atoms with Crippen LogP contribution >= 0.6 is 0 Å². The molecule has 3 aromatic rings. The van der Waals surface area contributed by atoms with Crippen molar-refractivity contribution < 1.29 is 24.9 Å². The van der Waals surface area contributed by atoms with Crippen molar-refractivity contribution in [3.63, 3.8) is 0 Å². The average molecular weight is 389 g/mol. The van der Waals surface area contributed by atoms with Crippen molar-refractivity contribution >= 4 is 22.9 Å². The van der Waals surface area contributed by atoms with Gasteiger partial charge < -0.3 is 36.5 Å². The maximum Gasteiger partial charge on any atom is 0.267 e. The highest BCUT2D eigenvalue weighted by Gasteiger charge is 2.43. The third-order valence-electron chi connectivity index (χ3n) is 4.10. The van der Waals surface area contributed by atoms with Crippen LogP contribution in [-0.4, -0.2) is 71.1 Å². The summed E-state index contributed by atoms with van der Waals surface area (Å²) in [7, 11) is 0. The third-order valence-corrected chi connectivity index (χ3v) is 4.10. The third kappa shape index (κ3) is 3.89. The second-order valence-corrected chi connectivity index (χ2v) is 5.93. The van der Waals surface area contributed by atoms with Crippen LogP contribution in [0.2, 0.25) is 0 Å². The molecule has 4 rings (SSSR count). The Bertz CT molecular complexity index is 965.